The van der Waals surface area contributed by atoms with Crippen molar-refractivity contribution in [2.75, 3.05) is 12.4 Å². The zero-order valence-electron chi connectivity index (χ0n) is 9.70. The second-order valence-electron chi connectivity index (χ2n) is 4.25. The van der Waals surface area contributed by atoms with Crippen molar-refractivity contribution < 1.29 is 0 Å². The van der Waals surface area contributed by atoms with Crippen LogP contribution in [0, 0.1) is 3.57 Å². The Hall–Kier alpha value is -0.400. The van der Waals surface area contributed by atoms with Gasteiger partial charge in [-0.15, -0.1) is 11.3 Å². The van der Waals surface area contributed by atoms with Crippen LogP contribution in [0.25, 0.3) is 10.7 Å². The third-order valence-electron chi connectivity index (χ3n) is 2.87. The molecule has 0 aliphatic heterocycles. The van der Waals surface area contributed by atoms with Gasteiger partial charge in [-0.2, -0.15) is 0 Å². The van der Waals surface area contributed by atoms with Gasteiger partial charge in [0.1, 0.15) is 5.82 Å². The van der Waals surface area contributed by atoms with E-state index in [2.05, 4.69) is 32.9 Å². The molecule has 0 bridgehead atoms. The van der Waals surface area contributed by atoms with Crippen molar-refractivity contribution in [1.82, 2.24) is 9.97 Å². The van der Waals surface area contributed by atoms with Crippen molar-refractivity contribution >= 4 is 51.3 Å². The van der Waals surface area contributed by atoms with E-state index in [9.17, 15) is 0 Å². The van der Waals surface area contributed by atoms with Crippen molar-refractivity contribution in [1.29, 1.82) is 0 Å². The maximum absolute atomic E-state index is 5.97. The van der Waals surface area contributed by atoms with E-state index in [-0.39, 0.29) is 0 Å². The molecule has 6 heteroatoms. The molecular formula is C12H11ClIN3S. The molecule has 1 aliphatic carbocycles. The smallest absolute Gasteiger partial charge is 0.171 e. The number of nitrogens with one attached hydrogen (secondary N) is 1. The molecule has 0 amide bonds. The van der Waals surface area contributed by atoms with Gasteiger partial charge in [-0.25, -0.2) is 9.97 Å². The summed E-state index contributed by atoms with van der Waals surface area (Å²) < 4.78 is 1.14. The molecule has 2 aromatic rings. The van der Waals surface area contributed by atoms with Crippen molar-refractivity contribution in [3.63, 3.8) is 0 Å². The van der Waals surface area contributed by atoms with E-state index < -0.39 is 0 Å². The largest absolute Gasteiger partial charge is 0.372 e. The molecule has 1 aliphatic rings. The molecule has 1 N–H and O–H groups in total. The first-order valence-electron chi connectivity index (χ1n) is 5.68. The van der Waals surface area contributed by atoms with Crippen LogP contribution in [0.1, 0.15) is 24.5 Å². The van der Waals surface area contributed by atoms with Crippen molar-refractivity contribution in [2.45, 2.75) is 18.8 Å². The number of nitrogens with zero attached hydrogens (tertiary/aromatic N) is 2. The molecule has 3 nitrogen and oxygen atoms in total. The monoisotopic (exact) mass is 391 g/mol. The highest BCUT2D eigenvalue weighted by molar-refractivity contribution is 14.1. The summed E-state index contributed by atoms with van der Waals surface area (Å²) in [6.45, 7) is 0. The van der Waals surface area contributed by atoms with Crippen LogP contribution in [-0.4, -0.2) is 17.0 Å². The second kappa shape index (κ2) is 4.94. The molecule has 0 spiro atoms. The Balaban J connectivity index is 2.12. The Bertz CT molecular complexity index is 595. The average Bonchev–Trinajstić information content (AvgIpc) is 3.12. The quantitative estimate of drug-likeness (QED) is 0.789. The summed E-state index contributed by atoms with van der Waals surface area (Å²) in [6, 6.07) is 1.92. The normalized spacial score (nSPS) is 14.8. The lowest BCUT2D eigenvalue weighted by Crippen LogP contribution is -2.04. The van der Waals surface area contributed by atoms with Gasteiger partial charge in [0.15, 0.2) is 5.82 Å². The summed E-state index contributed by atoms with van der Waals surface area (Å²) in [5.74, 6) is 2.30. The highest BCUT2D eigenvalue weighted by Crippen LogP contribution is 2.43. The van der Waals surface area contributed by atoms with Gasteiger partial charge >= 0.3 is 0 Å². The first-order valence-corrected chi connectivity index (χ1v) is 8.02. The third kappa shape index (κ3) is 2.35. The molecule has 0 radical (unpaired) electrons. The fourth-order valence-corrected chi connectivity index (χ4v) is 3.76. The average molecular weight is 392 g/mol. The SMILES string of the molecule is CNc1nc(-c2cc(Cl)cs2)nc(C2CC2)c1I. The number of rotatable bonds is 3. The fraction of sp³-hybridized carbons (Fsp3) is 0.333. The Morgan fingerprint density at radius 2 is 2.22 bits per heavy atom. The van der Waals surface area contributed by atoms with Crippen LogP contribution < -0.4 is 5.32 Å². The Morgan fingerprint density at radius 3 is 2.78 bits per heavy atom. The van der Waals surface area contributed by atoms with Crippen LogP contribution in [0.5, 0.6) is 0 Å². The summed E-state index contributed by atoms with van der Waals surface area (Å²) in [5.41, 5.74) is 1.18. The number of anilines is 1. The molecular weight excluding hydrogens is 381 g/mol. The number of aromatic nitrogens is 2. The van der Waals surface area contributed by atoms with Gasteiger partial charge in [-0.1, -0.05) is 11.6 Å². The molecule has 2 heterocycles. The molecule has 0 unspecified atom stereocenters. The highest BCUT2D eigenvalue weighted by Gasteiger charge is 2.29. The van der Waals surface area contributed by atoms with E-state index in [4.69, 9.17) is 16.6 Å². The molecule has 0 saturated heterocycles. The summed E-state index contributed by atoms with van der Waals surface area (Å²) in [7, 11) is 1.90. The number of thiophene rings is 1. The maximum Gasteiger partial charge on any atom is 0.171 e. The topological polar surface area (TPSA) is 37.8 Å². The Labute approximate surface area is 128 Å². The molecule has 0 atom stereocenters. The highest BCUT2D eigenvalue weighted by atomic mass is 127. The van der Waals surface area contributed by atoms with Gasteiger partial charge in [0.25, 0.3) is 0 Å². The number of halogens is 2. The minimum absolute atomic E-state index is 0.612. The predicted molar refractivity (Wildman–Crippen MR) is 84.6 cm³/mol. The van der Waals surface area contributed by atoms with Gasteiger partial charge in [-0.05, 0) is 41.5 Å². The molecule has 3 rings (SSSR count). The predicted octanol–water partition coefficient (Wildman–Crippen LogP) is 4.38. The third-order valence-corrected chi connectivity index (χ3v) is 5.20. The van der Waals surface area contributed by atoms with Crippen LogP contribution in [-0.2, 0) is 0 Å². The Kier molecular flexibility index (Phi) is 3.46. The van der Waals surface area contributed by atoms with E-state index in [0.29, 0.717) is 5.92 Å². The van der Waals surface area contributed by atoms with Crippen LogP contribution in [0.4, 0.5) is 5.82 Å². The zero-order valence-corrected chi connectivity index (χ0v) is 13.4. The van der Waals surface area contributed by atoms with Crippen LogP contribution >= 0.6 is 45.5 Å². The molecule has 2 aromatic heterocycles. The lowest BCUT2D eigenvalue weighted by Gasteiger charge is -2.09. The van der Waals surface area contributed by atoms with Gasteiger partial charge in [0.05, 0.1) is 19.2 Å². The number of hydrogen-bond acceptors (Lipinski definition) is 4. The second-order valence-corrected chi connectivity index (χ2v) is 6.67. The molecule has 18 heavy (non-hydrogen) atoms. The van der Waals surface area contributed by atoms with Crippen molar-refractivity contribution in [3.05, 3.63) is 25.7 Å². The summed E-state index contributed by atoms with van der Waals surface area (Å²) in [4.78, 5) is 10.3. The van der Waals surface area contributed by atoms with Crippen molar-refractivity contribution in [3.8, 4) is 10.7 Å². The Morgan fingerprint density at radius 1 is 1.44 bits per heavy atom. The van der Waals surface area contributed by atoms with Crippen LogP contribution in [0.2, 0.25) is 5.02 Å². The van der Waals surface area contributed by atoms with E-state index >= 15 is 0 Å². The fourth-order valence-electron chi connectivity index (χ4n) is 1.80. The van der Waals surface area contributed by atoms with E-state index in [0.717, 1.165) is 25.1 Å². The standard InChI is InChI=1S/C12H11ClIN3S/c1-15-12-9(14)10(6-2-3-6)16-11(17-12)8-4-7(13)5-18-8/h4-6H,2-3H2,1H3,(H,15,16,17). The van der Waals surface area contributed by atoms with E-state index in [1.807, 2.05) is 18.5 Å². The lowest BCUT2D eigenvalue weighted by atomic mass is 10.2. The summed E-state index contributed by atoms with van der Waals surface area (Å²) >= 11 is 9.88. The van der Waals surface area contributed by atoms with Gasteiger partial charge in [0, 0.05) is 18.3 Å². The van der Waals surface area contributed by atoms with Gasteiger partial charge in [-0.3, -0.25) is 0 Å². The minimum atomic E-state index is 0.612. The summed E-state index contributed by atoms with van der Waals surface area (Å²) in [5, 5.41) is 5.81. The van der Waals surface area contributed by atoms with E-state index in [1.165, 1.54) is 18.5 Å². The van der Waals surface area contributed by atoms with Gasteiger partial charge in [0.2, 0.25) is 0 Å². The molecule has 1 fully saturated rings. The molecule has 94 valence electrons. The first-order chi connectivity index (χ1) is 8.69. The lowest BCUT2D eigenvalue weighted by molar-refractivity contribution is 0.981. The minimum Gasteiger partial charge on any atom is -0.372 e. The van der Waals surface area contributed by atoms with Gasteiger partial charge < -0.3 is 5.32 Å². The zero-order chi connectivity index (χ0) is 12.7. The van der Waals surface area contributed by atoms with Crippen molar-refractivity contribution in [2.24, 2.45) is 0 Å². The van der Waals surface area contributed by atoms with Crippen LogP contribution in [0.3, 0.4) is 0 Å². The maximum atomic E-state index is 5.97. The van der Waals surface area contributed by atoms with Crippen LogP contribution in [0.15, 0.2) is 11.4 Å². The number of hydrogen-bond donors (Lipinski definition) is 1. The summed E-state index contributed by atoms with van der Waals surface area (Å²) in [6.07, 6.45) is 2.47. The molecule has 1 saturated carbocycles. The van der Waals surface area contributed by atoms with E-state index in [1.54, 1.807) is 11.3 Å². The molecule has 0 aromatic carbocycles. The first kappa shape index (κ1) is 12.6.